The van der Waals surface area contributed by atoms with Gasteiger partial charge in [0, 0.05) is 21.7 Å². The van der Waals surface area contributed by atoms with Crippen molar-refractivity contribution in [3.05, 3.63) is 0 Å². The predicted molar refractivity (Wildman–Crippen MR) is 168 cm³/mol. The van der Waals surface area contributed by atoms with E-state index in [1.54, 1.807) is 44.7 Å². The molecule has 0 spiro atoms. The summed E-state index contributed by atoms with van der Waals surface area (Å²) < 4.78 is 3.40. The molecule has 10 fully saturated rings. The average molecular weight is 565 g/mol. The van der Waals surface area contributed by atoms with Gasteiger partial charge in [0.1, 0.15) is 14.5 Å². The zero-order valence-electron chi connectivity index (χ0n) is 26.0. The van der Waals surface area contributed by atoms with Crippen LogP contribution >= 0.6 is 30.4 Å². The van der Waals surface area contributed by atoms with Gasteiger partial charge in [0.05, 0.1) is 27.2 Å². The van der Waals surface area contributed by atoms with Crippen molar-refractivity contribution in [1.29, 1.82) is 0 Å². The Labute approximate surface area is 227 Å². The van der Waals surface area contributed by atoms with E-state index in [2.05, 4.69) is 90.0 Å². The summed E-state index contributed by atoms with van der Waals surface area (Å²) in [7, 11) is -1.92. The summed E-state index contributed by atoms with van der Waals surface area (Å²) in [6.07, 6.45) is 11.5. The second-order valence-corrected chi connectivity index (χ2v) is 37.3. The summed E-state index contributed by atoms with van der Waals surface area (Å²) in [5.74, 6) is 3.32. The SMILES string of the molecule is CC[P+]12C3(C(C)(C)C)P4C5(C(C)(C)C)P3C1(C(C)(C)C)[P+]5(C13CC5CC(CC(C5)C1)C3)C42C(C)(C)C. The van der Waals surface area contributed by atoms with Crippen molar-refractivity contribution >= 4 is 30.4 Å². The van der Waals surface area contributed by atoms with Crippen molar-refractivity contribution in [3.8, 4) is 0 Å². The lowest BCUT2D eigenvalue weighted by Gasteiger charge is -3.18. The molecule has 0 amide bonds. The van der Waals surface area contributed by atoms with E-state index in [1.807, 2.05) is 0 Å². The molecule has 4 unspecified atom stereocenters. The lowest BCUT2D eigenvalue weighted by molar-refractivity contribution is 0.0268. The minimum atomic E-state index is -1.17. The third-order valence-corrected chi connectivity index (χ3v) is 53.5. The van der Waals surface area contributed by atoms with E-state index >= 15 is 0 Å². The van der Waals surface area contributed by atoms with E-state index in [0.717, 1.165) is 41.5 Å². The van der Waals surface area contributed by atoms with E-state index in [1.165, 1.54) is 0 Å². The van der Waals surface area contributed by atoms with E-state index in [-0.39, 0.29) is 15.8 Å². The molecule has 0 aromatic rings. The van der Waals surface area contributed by atoms with Crippen LogP contribution in [-0.4, -0.2) is 29.9 Å². The van der Waals surface area contributed by atoms with Gasteiger partial charge in [-0.15, -0.1) is 0 Å². The molecular weight excluding hydrogens is 508 g/mol. The van der Waals surface area contributed by atoms with Gasteiger partial charge >= 0.3 is 0 Å². The molecule has 6 heterocycles. The fourth-order valence-corrected chi connectivity index (χ4v) is 84.6. The molecule has 0 aromatic heterocycles. The van der Waals surface area contributed by atoms with Crippen molar-refractivity contribution in [2.45, 2.75) is 152 Å². The third kappa shape index (κ3) is 1.55. The Balaban J connectivity index is 1.50. The maximum atomic E-state index is 2.81. The molecule has 202 valence electrons. The summed E-state index contributed by atoms with van der Waals surface area (Å²) in [5, 5.41) is 0.802. The van der Waals surface area contributed by atoms with Crippen LogP contribution in [0.15, 0.2) is 0 Å². The number of hydrogen-bond acceptors (Lipinski definition) is 0. The minimum Gasteiger partial charge on any atom is -0.0554 e. The van der Waals surface area contributed by atoms with Crippen molar-refractivity contribution in [2.75, 3.05) is 6.16 Å². The Bertz CT molecular complexity index is 1030. The Kier molecular flexibility index (Phi) is 4.11. The van der Waals surface area contributed by atoms with Crippen LogP contribution in [0.3, 0.4) is 0 Å². The summed E-state index contributed by atoms with van der Waals surface area (Å²) in [5.41, 5.74) is 2.12. The fourth-order valence-electron chi connectivity index (χ4n) is 15.7. The van der Waals surface area contributed by atoms with Crippen LogP contribution in [0, 0.1) is 39.4 Å². The molecule has 10 aliphatic rings. The van der Waals surface area contributed by atoms with Gasteiger partial charge < -0.3 is 0 Å². The molecule has 10 rings (SSSR count). The van der Waals surface area contributed by atoms with Crippen molar-refractivity contribution in [2.24, 2.45) is 39.4 Å². The van der Waals surface area contributed by atoms with Crippen LogP contribution in [0.25, 0.3) is 0 Å². The molecule has 4 saturated carbocycles. The maximum Gasteiger partial charge on any atom is 0.218 e. The van der Waals surface area contributed by atoms with E-state index in [0.29, 0.717) is 21.7 Å². The predicted octanol–water partition coefficient (Wildman–Crippen LogP) is 11.8. The Hall–Kier alpha value is 1.72. The topological polar surface area (TPSA) is 0 Å². The molecular formula is C32H56P4+2. The molecule has 0 aromatic carbocycles. The van der Waals surface area contributed by atoms with Gasteiger partial charge in [-0.3, -0.25) is 0 Å². The number of rotatable bonds is 2. The highest BCUT2D eigenvalue weighted by atomic mass is 31.5. The first-order chi connectivity index (χ1) is 16.3. The minimum absolute atomic E-state index is 0.154. The van der Waals surface area contributed by atoms with Gasteiger partial charge in [-0.25, -0.2) is 0 Å². The molecule has 4 aliphatic carbocycles. The Morgan fingerprint density at radius 3 is 1.22 bits per heavy atom. The molecule has 4 atom stereocenters. The summed E-state index contributed by atoms with van der Waals surface area (Å²) in [6, 6.07) is 0. The van der Waals surface area contributed by atoms with Gasteiger partial charge in [0.2, 0.25) is 9.28 Å². The van der Waals surface area contributed by atoms with Crippen molar-refractivity contribution in [3.63, 3.8) is 0 Å². The van der Waals surface area contributed by atoms with Gasteiger partial charge in [0.25, 0.3) is 0 Å². The third-order valence-electron chi connectivity index (χ3n) is 14.1. The Morgan fingerprint density at radius 1 is 0.583 bits per heavy atom. The van der Waals surface area contributed by atoms with Crippen LogP contribution in [0.1, 0.15) is 129 Å². The Morgan fingerprint density at radius 2 is 0.944 bits per heavy atom. The smallest absolute Gasteiger partial charge is 0.0554 e. The summed E-state index contributed by atoms with van der Waals surface area (Å²) in [6.45, 7) is 36.2. The molecule has 36 heavy (non-hydrogen) atoms. The first kappa shape index (κ1) is 25.4. The zero-order valence-corrected chi connectivity index (χ0v) is 29.5. The van der Waals surface area contributed by atoms with Gasteiger partial charge in [-0.2, -0.15) is 0 Å². The van der Waals surface area contributed by atoms with Gasteiger partial charge in [-0.05, 0) is 63.2 Å². The van der Waals surface area contributed by atoms with Crippen molar-refractivity contribution in [1.82, 2.24) is 0 Å². The summed E-state index contributed by atoms with van der Waals surface area (Å²) in [4.78, 5) is 0. The first-order valence-electron chi connectivity index (χ1n) is 15.7. The molecule has 0 nitrogen and oxygen atoms in total. The van der Waals surface area contributed by atoms with Crippen molar-refractivity contribution < 1.29 is 0 Å². The average Bonchev–Trinajstić information content (AvgIpc) is 2.67. The standard InChI is InChI=1S/C32H56P4/c1-14-35-29(24(2,3)4)33-30(25(5,6)7)34(29)32(35,27(11,12)13)36(30,31(33,35)26(8,9)10)28-18-21-15-22(19-28)17-23(16-21)20-28/h21-23H,14-20H2,1-13H3/q+2. The van der Waals surface area contributed by atoms with Crippen LogP contribution < -0.4 is 0 Å². The van der Waals surface area contributed by atoms with Crippen LogP contribution in [0.2, 0.25) is 0 Å². The van der Waals surface area contributed by atoms with E-state index in [9.17, 15) is 0 Å². The highest BCUT2D eigenvalue weighted by Crippen LogP contribution is 3.64. The lowest BCUT2D eigenvalue weighted by Crippen LogP contribution is -3.09. The molecule has 6 aliphatic heterocycles. The fraction of sp³-hybridized carbons (Fsp3) is 1.00. The molecule has 6 saturated heterocycles. The zero-order chi connectivity index (χ0) is 26.3. The summed E-state index contributed by atoms with van der Waals surface area (Å²) >= 11 is 0. The second kappa shape index (κ2) is 5.82. The van der Waals surface area contributed by atoms with E-state index in [4.69, 9.17) is 0 Å². The lowest BCUT2D eigenvalue weighted by atomic mass is 9.56. The highest BCUT2D eigenvalue weighted by Gasteiger charge is 3.46. The second-order valence-electron chi connectivity index (χ2n) is 19.2. The first-order valence-corrected chi connectivity index (χ1v) is 22.1. The van der Waals surface area contributed by atoms with Crippen LogP contribution in [-0.2, 0) is 0 Å². The molecule has 0 radical (unpaired) electrons. The van der Waals surface area contributed by atoms with E-state index < -0.39 is 14.5 Å². The quantitative estimate of drug-likeness (QED) is 0.293. The van der Waals surface area contributed by atoms with Gasteiger partial charge in [0.15, 0.2) is 9.28 Å². The van der Waals surface area contributed by atoms with Crippen LogP contribution in [0.5, 0.6) is 0 Å². The monoisotopic (exact) mass is 564 g/mol. The van der Waals surface area contributed by atoms with Crippen LogP contribution in [0.4, 0.5) is 0 Å². The largest absolute Gasteiger partial charge is 0.218 e. The maximum absolute atomic E-state index is 2.81. The molecule has 4 heteroatoms. The number of hydrogen-bond donors (Lipinski definition) is 0. The normalized spacial score (nSPS) is 63.1. The van der Waals surface area contributed by atoms with Gasteiger partial charge in [-0.1, -0.05) is 83.1 Å². The molecule has 4 bridgehead atoms. The molecule has 0 N–H and O–H groups in total. The highest BCUT2D eigenvalue weighted by molar-refractivity contribution is 8.60.